The van der Waals surface area contributed by atoms with Crippen molar-refractivity contribution in [2.75, 3.05) is 7.05 Å². The summed E-state index contributed by atoms with van der Waals surface area (Å²) in [5, 5.41) is 11.4. The first-order valence-electron chi connectivity index (χ1n) is 5.59. The monoisotopic (exact) mass is 237 g/mol. The van der Waals surface area contributed by atoms with Gasteiger partial charge in [-0.3, -0.25) is 4.90 Å². The summed E-state index contributed by atoms with van der Waals surface area (Å²) in [4.78, 5) is 2.12. The van der Waals surface area contributed by atoms with Gasteiger partial charge in [-0.1, -0.05) is 17.3 Å². The van der Waals surface area contributed by atoms with E-state index in [9.17, 15) is 4.39 Å². The highest BCUT2D eigenvalue weighted by molar-refractivity contribution is 5.97. The number of halogens is 1. The fraction of sp³-hybridized carbons (Fsp3) is 0.417. The molecule has 5 heteroatoms. The van der Waals surface area contributed by atoms with Crippen LogP contribution in [0.4, 0.5) is 4.39 Å². The van der Waals surface area contributed by atoms with Gasteiger partial charge in [-0.05, 0) is 26.0 Å². The molecule has 1 aromatic carbocycles. The Morgan fingerprint density at radius 3 is 2.88 bits per heavy atom. The zero-order valence-corrected chi connectivity index (χ0v) is 9.73. The molecule has 0 radical (unpaired) electrons. The summed E-state index contributed by atoms with van der Waals surface area (Å²) in [6, 6.07) is 5.52. The summed E-state index contributed by atoms with van der Waals surface area (Å²) < 4.78 is 14.1. The molecule has 0 bridgehead atoms. The number of hydrogen-bond donors (Lipinski definition) is 2. The first-order valence-corrected chi connectivity index (χ1v) is 5.59. The number of nitrogens with zero attached hydrogens (tertiary/aromatic N) is 2. The molecule has 2 rings (SSSR count). The van der Waals surface area contributed by atoms with Crippen LogP contribution in [0.25, 0.3) is 0 Å². The van der Waals surface area contributed by atoms with E-state index in [2.05, 4.69) is 10.1 Å². The Bertz CT molecular complexity index is 443. The van der Waals surface area contributed by atoms with Crippen LogP contribution >= 0.6 is 0 Å². The van der Waals surface area contributed by atoms with E-state index in [1.807, 2.05) is 7.05 Å². The zero-order chi connectivity index (χ0) is 12.4. The van der Waals surface area contributed by atoms with Crippen LogP contribution in [-0.2, 0) is 6.54 Å². The molecule has 1 saturated carbocycles. The van der Waals surface area contributed by atoms with Gasteiger partial charge in [0.2, 0.25) is 0 Å². The Labute approximate surface area is 99.5 Å². The van der Waals surface area contributed by atoms with Crippen molar-refractivity contribution < 1.29 is 9.60 Å². The van der Waals surface area contributed by atoms with Crippen LogP contribution in [0.1, 0.15) is 24.0 Å². The minimum absolute atomic E-state index is 0.147. The van der Waals surface area contributed by atoms with Crippen LogP contribution in [0, 0.1) is 5.82 Å². The standard InChI is InChI=1S/C12H16FN3O/c1-16(9-5-6-9)7-8-3-2-4-10(11(8)13)12(14)15-17/h2-4,9,17H,5-7H2,1H3,(H2,14,15). The average molecular weight is 237 g/mol. The van der Waals surface area contributed by atoms with Crippen LogP contribution in [0.3, 0.4) is 0 Å². The molecule has 0 amide bonds. The lowest BCUT2D eigenvalue weighted by atomic mass is 10.1. The van der Waals surface area contributed by atoms with Gasteiger partial charge in [-0.2, -0.15) is 0 Å². The highest BCUT2D eigenvalue weighted by Crippen LogP contribution is 2.27. The van der Waals surface area contributed by atoms with Gasteiger partial charge in [0.15, 0.2) is 5.84 Å². The molecular formula is C12H16FN3O. The first kappa shape index (κ1) is 11.9. The van der Waals surface area contributed by atoms with Gasteiger partial charge in [0.1, 0.15) is 5.82 Å². The largest absolute Gasteiger partial charge is 0.409 e. The Kier molecular flexibility index (Phi) is 3.28. The second-order valence-corrected chi connectivity index (χ2v) is 4.41. The summed E-state index contributed by atoms with van der Waals surface area (Å²) in [5.41, 5.74) is 6.13. The van der Waals surface area contributed by atoms with Crippen molar-refractivity contribution in [2.45, 2.75) is 25.4 Å². The molecule has 4 nitrogen and oxygen atoms in total. The molecule has 1 aromatic rings. The van der Waals surface area contributed by atoms with E-state index in [0.29, 0.717) is 18.2 Å². The fourth-order valence-corrected chi connectivity index (χ4v) is 1.87. The van der Waals surface area contributed by atoms with E-state index in [-0.39, 0.29) is 11.4 Å². The van der Waals surface area contributed by atoms with Crippen molar-refractivity contribution in [3.05, 3.63) is 35.1 Å². The number of nitrogens with two attached hydrogens (primary N) is 1. The van der Waals surface area contributed by atoms with Gasteiger partial charge in [0.25, 0.3) is 0 Å². The average Bonchev–Trinajstić information content (AvgIpc) is 3.14. The fourth-order valence-electron chi connectivity index (χ4n) is 1.87. The SMILES string of the molecule is CN(Cc1cccc(/C(N)=N/O)c1F)C1CC1. The van der Waals surface area contributed by atoms with Crippen molar-refractivity contribution in [2.24, 2.45) is 10.9 Å². The number of hydrogen-bond acceptors (Lipinski definition) is 3. The van der Waals surface area contributed by atoms with Crippen LogP contribution in [0.5, 0.6) is 0 Å². The Morgan fingerprint density at radius 2 is 2.29 bits per heavy atom. The van der Waals surface area contributed by atoms with E-state index >= 15 is 0 Å². The lowest BCUT2D eigenvalue weighted by Crippen LogP contribution is -2.22. The van der Waals surface area contributed by atoms with Crippen LogP contribution in [-0.4, -0.2) is 29.0 Å². The minimum atomic E-state index is -0.407. The van der Waals surface area contributed by atoms with Crippen molar-refractivity contribution in [3.63, 3.8) is 0 Å². The number of oxime groups is 1. The number of amidine groups is 1. The lowest BCUT2D eigenvalue weighted by molar-refractivity contribution is 0.310. The summed E-state index contributed by atoms with van der Waals surface area (Å²) in [5.74, 6) is -0.603. The summed E-state index contributed by atoms with van der Waals surface area (Å²) in [6.07, 6.45) is 2.36. The second-order valence-electron chi connectivity index (χ2n) is 4.41. The van der Waals surface area contributed by atoms with Crippen molar-refractivity contribution in [1.29, 1.82) is 0 Å². The van der Waals surface area contributed by atoms with Crippen LogP contribution in [0.15, 0.2) is 23.4 Å². The zero-order valence-electron chi connectivity index (χ0n) is 9.73. The molecule has 3 N–H and O–H groups in total. The Hall–Kier alpha value is -1.62. The Balaban J connectivity index is 2.22. The quantitative estimate of drug-likeness (QED) is 0.361. The maximum atomic E-state index is 14.1. The van der Waals surface area contributed by atoms with Crippen molar-refractivity contribution in [3.8, 4) is 0 Å². The second kappa shape index (κ2) is 4.71. The highest BCUT2D eigenvalue weighted by atomic mass is 19.1. The van der Waals surface area contributed by atoms with Gasteiger partial charge < -0.3 is 10.9 Å². The molecule has 0 spiro atoms. The molecule has 92 valence electrons. The molecule has 0 aromatic heterocycles. The maximum absolute atomic E-state index is 14.1. The Morgan fingerprint density at radius 1 is 1.59 bits per heavy atom. The molecule has 0 heterocycles. The summed E-state index contributed by atoms with van der Waals surface area (Å²) in [7, 11) is 1.98. The maximum Gasteiger partial charge on any atom is 0.173 e. The topological polar surface area (TPSA) is 61.8 Å². The van der Waals surface area contributed by atoms with Gasteiger partial charge >= 0.3 is 0 Å². The third-order valence-corrected chi connectivity index (χ3v) is 3.05. The van der Waals surface area contributed by atoms with E-state index < -0.39 is 5.82 Å². The highest BCUT2D eigenvalue weighted by Gasteiger charge is 2.26. The lowest BCUT2D eigenvalue weighted by Gasteiger charge is -2.16. The van der Waals surface area contributed by atoms with Gasteiger partial charge in [-0.15, -0.1) is 0 Å². The molecule has 0 unspecified atom stereocenters. The molecule has 1 aliphatic rings. The summed E-state index contributed by atoms with van der Waals surface area (Å²) in [6.45, 7) is 0.545. The van der Waals surface area contributed by atoms with E-state index in [0.717, 1.165) is 0 Å². The molecular weight excluding hydrogens is 221 g/mol. The van der Waals surface area contributed by atoms with Gasteiger partial charge in [0, 0.05) is 18.2 Å². The normalized spacial score (nSPS) is 16.5. The van der Waals surface area contributed by atoms with Crippen LogP contribution in [0.2, 0.25) is 0 Å². The third kappa shape index (κ3) is 2.55. The van der Waals surface area contributed by atoms with Crippen molar-refractivity contribution in [1.82, 2.24) is 4.90 Å². The van der Waals surface area contributed by atoms with E-state index in [1.54, 1.807) is 12.1 Å². The number of benzene rings is 1. The molecule has 0 saturated heterocycles. The predicted octanol–water partition coefficient (Wildman–Crippen LogP) is 1.51. The van der Waals surface area contributed by atoms with Gasteiger partial charge in [-0.25, -0.2) is 4.39 Å². The third-order valence-electron chi connectivity index (χ3n) is 3.05. The molecule has 0 atom stereocenters. The number of rotatable bonds is 4. The predicted molar refractivity (Wildman–Crippen MR) is 63.4 cm³/mol. The van der Waals surface area contributed by atoms with Crippen molar-refractivity contribution >= 4 is 5.84 Å². The summed E-state index contributed by atoms with van der Waals surface area (Å²) >= 11 is 0. The first-order chi connectivity index (χ1) is 8.13. The molecule has 17 heavy (non-hydrogen) atoms. The van der Waals surface area contributed by atoms with E-state index in [4.69, 9.17) is 10.9 Å². The molecule has 0 aliphatic heterocycles. The van der Waals surface area contributed by atoms with Gasteiger partial charge in [0.05, 0.1) is 5.56 Å². The molecule has 1 fully saturated rings. The van der Waals surface area contributed by atoms with E-state index in [1.165, 1.54) is 18.9 Å². The minimum Gasteiger partial charge on any atom is -0.409 e. The van der Waals surface area contributed by atoms with Crippen LogP contribution < -0.4 is 5.73 Å². The smallest absolute Gasteiger partial charge is 0.173 e. The molecule has 1 aliphatic carbocycles.